The lowest BCUT2D eigenvalue weighted by atomic mass is 9.94. The highest BCUT2D eigenvalue weighted by atomic mass is 16.1. The van der Waals surface area contributed by atoms with Gasteiger partial charge in [0.05, 0.1) is 0 Å². The number of amides is 1. The molecule has 20 heavy (non-hydrogen) atoms. The maximum Gasteiger partial charge on any atom is 0.238 e. The van der Waals surface area contributed by atoms with Crippen LogP contribution in [0, 0.1) is 0 Å². The summed E-state index contributed by atoms with van der Waals surface area (Å²) in [5.41, 5.74) is 4.99. The van der Waals surface area contributed by atoms with Gasteiger partial charge in [-0.3, -0.25) is 14.6 Å². The van der Waals surface area contributed by atoms with Gasteiger partial charge in [0.1, 0.15) is 5.54 Å². The molecule has 2 aliphatic rings. The molecule has 2 heterocycles. The molecule has 0 radical (unpaired) electrons. The quantitative estimate of drug-likeness (QED) is 0.766. The Morgan fingerprint density at radius 1 is 1.40 bits per heavy atom. The second-order valence-corrected chi connectivity index (χ2v) is 6.65. The topological polar surface area (TPSA) is 61.6 Å². The van der Waals surface area contributed by atoms with Crippen LogP contribution in [0.1, 0.15) is 40.0 Å². The summed E-state index contributed by atoms with van der Waals surface area (Å²) in [7, 11) is 0. The van der Waals surface area contributed by atoms with Gasteiger partial charge < -0.3 is 11.1 Å². The standard InChI is InChI=1S/C15H30N4O/c1-4-17-15(3,14(16)20)11-19-10-13-7-5-6-8-18(13)9-12(19)2/h12-13,17H,4-11H2,1-3H3,(H2,16,20). The molecule has 2 saturated heterocycles. The lowest BCUT2D eigenvalue weighted by Crippen LogP contribution is -2.65. The lowest BCUT2D eigenvalue weighted by Gasteiger charge is -2.49. The van der Waals surface area contributed by atoms with Gasteiger partial charge in [-0.1, -0.05) is 13.3 Å². The van der Waals surface area contributed by atoms with Crippen LogP contribution >= 0.6 is 0 Å². The Bertz CT molecular complexity index is 349. The molecule has 0 aromatic carbocycles. The Hall–Kier alpha value is -0.650. The van der Waals surface area contributed by atoms with Crippen LogP contribution in [-0.2, 0) is 4.79 Å². The zero-order valence-electron chi connectivity index (χ0n) is 13.2. The smallest absolute Gasteiger partial charge is 0.238 e. The van der Waals surface area contributed by atoms with E-state index in [1.165, 1.54) is 25.8 Å². The second-order valence-electron chi connectivity index (χ2n) is 6.65. The molecular formula is C15H30N4O. The Balaban J connectivity index is 2.02. The fraction of sp³-hybridized carbons (Fsp3) is 0.933. The number of rotatable bonds is 5. The highest BCUT2D eigenvalue weighted by Gasteiger charge is 2.38. The number of nitrogens with two attached hydrogens (primary N) is 1. The van der Waals surface area contributed by atoms with E-state index in [1.54, 1.807) is 0 Å². The molecule has 0 aromatic rings. The van der Waals surface area contributed by atoms with Gasteiger partial charge in [0.25, 0.3) is 0 Å². The SMILES string of the molecule is CCNC(C)(CN1CC2CCCCN2CC1C)C(N)=O. The van der Waals surface area contributed by atoms with Crippen molar-refractivity contribution < 1.29 is 4.79 Å². The summed E-state index contributed by atoms with van der Waals surface area (Å²) in [6, 6.07) is 1.15. The molecule has 3 atom stereocenters. The minimum atomic E-state index is -0.625. The van der Waals surface area contributed by atoms with Gasteiger partial charge in [-0.25, -0.2) is 0 Å². The normalized spacial score (nSPS) is 31.6. The van der Waals surface area contributed by atoms with Gasteiger partial charge >= 0.3 is 0 Å². The third-order valence-electron chi connectivity index (χ3n) is 4.95. The molecule has 3 unspecified atom stereocenters. The first-order valence-corrected chi connectivity index (χ1v) is 7.99. The van der Waals surface area contributed by atoms with E-state index in [0.29, 0.717) is 18.6 Å². The van der Waals surface area contributed by atoms with Gasteiger partial charge in [0, 0.05) is 31.7 Å². The highest BCUT2D eigenvalue weighted by molar-refractivity contribution is 5.84. The number of hydrogen-bond donors (Lipinski definition) is 2. The molecule has 2 rings (SSSR count). The van der Waals surface area contributed by atoms with Gasteiger partial charge in [0.15, 0.2) is 0 Å². The lowest BCUT2D eigenvalue weighted by molar-refractivity contribution is -0.125. The number of fused-ring (bicyclic) bond motifs is 1. The Kier molecular flexibility index (Phi) is 5.04. The minimum absolute atomic E-state index is 0.252. The largest absolute Gasteiger partial charge is 0.368 e. The number of carbonyl (C=O) groups is 1. The number of likely N-dealkylation sites (N-methyl/N-ethyl adjacent to an activating group) is 1. The average Bonchev–Trinajstić information content (AvgIpc) is 2.39. The Morgan fingerprint density at radius 3 is 2.80 bits per heavy atom. The molecule has 3 N–H and O–H groups in total. The average molecular weight is 282 g/mol. The first kappa shape index (κ1) is 15.7. The summed E-state index contributed by atoms with van der Waals surface area (Å²) >= 11 is 0. The van der Waals surface area contributed by atoms with E-state index in [1.807, 2.05) is 13.8 Å². The molecule has 2 fully saturated rings. The zero-order valence-corrected chi connectivity index (χ0v) is 13.2. The van der Waals surface area contributed by atoms with Gasteiger partial charge in [-0.15, -0.1) is 0 Å². The van der Waals surface area contributed by atoms with Crippen LogP contribution in [0.2, 0.25) is 0 Å². The third-order valence-corrected chi connectivity index (χ3v) is 4.95. The molecule has 5 nitrogen and oxygen atoms in total. The Labute approximate surface area is 122 Å². The number of primary amides is 1. The van der Waals surface area contributed by atoms with E-state index < -0.39 is 5.54 Å². The van der Waals surface area contributed by atoms with E-state index in [-0.39, 0.29) is 5.91 Å². The fourth-order valence-corrected chi connectivity index (χ4v) is 3.65. The number of nitrogens with one attached hydrogen (secondary N) is 1. The van der Waals surface area contributed by atoms with E-state index in [0.717, 1.165) is 19.6 Å². The summed E-state index contributed by atoms with van der Waals surface area (Å²) in [5.74, 6) is -0.252. The van der Waals surface area contributed by atoms with Gasteiger partial charge in [-0.05, 0) is 39.8 Å². The van der Waals surface area contributed by atoms with Crippen molar-refractivity contribution in [3.63, 3.8) is 0 Å². The van der Waals surface area contributed by atoms with Crippen LogP contribution in [0.15, 0.2) is 0 Å². The van der Waals surface area contributed by atoms with Crippen molar-refractivity contribution in [2.45, 2.75) is 57.7 Å². The van der Waals surface area contributed by atoms with E-state index in [4.69, 9.17) is 5.73 Å². The van der Waals surface area contributed by atoms with Crippen molar-refractivity contribution in [1.82, 2.24) is 15.1 Å². The van der Waals surface area contributed by atoms with Gasteiger partial charge in [-0.2, -0.15) is 0 Å². The molecule has 0 aromatic heterocycles. The summed E-state index contributed by atoms with van der Waals surface area (Å²) < 4.78 is 0. The van der Waals surface area contributed by atoms with Crippen molar-refractivity contribution in [2.75, 3.05) is 32.7 Å². The van der Waals surface area contributed by atoms with Crippen LogP contribution in [0.5, 0.6) is 0 Å². The Morgan fingerprint density at radius 2 is 2.15 bits per heavy atom. The predicted molar refractivity (Wildman–Crippen MR) is 81.5 cm³/mol. The highest BCUT2D eigenvalue weighted by Crippen LogP contribution is 2.25. The third kappa shape index (κ3) is 3.32. The molecular weight excluding hydrogens is 252 g/mol. The number of piperidine rings is 1. The van der Waals surface area contributed by atoms with Crippen molar-refractivity contribution in [1.29, 1.82) is 0 Å². The molecule has 1 amide bonds. The maximum absolute atomic E-state index is 11.8. The molecule has 0 aliphatic carbocycles. The van der Waals surface area contributed by atoms with Crippen molar-refractivity contribution in [3.8, 4) is 0 Å². The fourth-order valence-electron chi connectivity index (χ4n) is 3.65. The maximum atomic E-state index is 11.8. The van der Waals surface area contributed by atoms with Gasteiger partial charge in [0.2, 0.25) is 5.91 Å². The van der Waals surface area contributed by atoms with Crippen molar-refractivity contribution in [3.05, 3.63) is 0 Å². The second kappa shape index (κ2) is 6.41. The van der Waals surface area contributed by atoms with Crippen LogP contribution in [0.25, 0.3) is 0 Å². The van der Waals surface area contributed by atoms with Crippen LogP contribution in [-0.4, -0.2) is 66.1 Å². The van der Waals surface area contributed by atoms with Crippen LogP contribution in [0.4, 0.5) is 0 Å². The van der Waals surface area contributed by atoms with E-state index >= 15 is 0 Å². The molecule has 116 valence electrons. The number of hydrogen-bond acceptors (Lipinski definition) is 4. The van der Waals surface area contributed by atoms with Crippen molar-refractivity contribution >= 4 is 5.91 Å². The van der Waals surface area contributed by atoms with E-state index in [2.05, 4.69) is 22.0 Å². The van der Waals surface area contributed by atoms with Crippen LogP contribution in [0.3, 0.4) is 0 Å². The monoisotopic (exact) mass is 282 g/mol. The molecule has 5 heteroatoms. The first-order chi connectivity index (χ1) is 9.46. The summed E-state index contributed by atoms with van der Waals surface area (Å²) in [4.78, 5) is 16.9. The van der Waals surface area contributed by atoms with Crippen molar-refractivity contribution in [2.24, 2.45) is 5.73 Å². The predicted octanol–water partition coefficient (Wildman–Crippen LogP) is 0.399. The van der Waals surface area contributed by atoms with Crippen LogP contribution < -0.4 is 11.1 Å². The molecule has 0 bridgehead atoms. The number of carbonyl (C=O) groups excluding carboxylic acids is 1. The number of piperazine rings is 1. The van der Waals surface area contributed by atoms with E-state index in [9.17, 15) is 4.79 Å². The number of nitrogens with zero attached hydrogens (tertiary/aromatic N) is 2. The minimum Gasteiger partial charge on any atom is -0.368 e. The molecule has 2 aliphatic heterocycles. The zero-order chi connectivity index (χ0) is 14.8. The first-order valence-electron chi connectivity index (χ1n) is 7.99. The summed E-state index contributed by atoms with van der Waals surface area (Å²) in [6.45, 7) is 11.1. The summed E-state index contributed by atoms with van der Waals surface area (Å²) in [6.07, 6.45) is 3.96. The molecule has 0 saturated carbocycles. The summed E-state index contributed by atoms with van der Waals surface area (Å²) in [5, 5.41) is 3.27. The molecule has 0 spiro atoms.